The van der Waals surface area contributed by atoms with Gasteiger partial charge in [0.2, 0.25) is 0 Å². The number of hydrogen-bond acceptors (Lipinski definition) is 2. The molecule has 0 radical (unpaired) electrons. The summed E-state index contributed by atoms with van der Waals surface area (Å²) in [7, 11) is 0. The molecule has 2 heteroatoms. The predicted molar refractivity (Wildman–Crippen MR) is 60.6 cm³/mol. The maximum absolute atomic E-state index is 9.66. The summed E-state index contributed by atoms with van der Waals surface area (Å²) in [5.41, 5.74) is 2.33. The molecule has 2 rings (SSSR count). The number of fused-ring (bicyclic) bond motifs is 1. The third kappa shape index (κ3) is 1.98. The van der Waals surface area contributed by atoms with Crippen molar-refractivity contribution in [3.8, 4) is 17.6 Å². The molecule has 1 aromatic carbocycles. The topological polar surface area (TPSA) is 32.3 Å². The van der Waals surface area contributed by atoms with Crippen LogP contribution in [-0.2, 0) is 6.42 Å². The Labute approximate surface area is 90.3 Å². The Bertz CT molecular complexity index is 414. The van der Waals surface area contributed by atoms with E-state index in [4.69, 9.17) is 0 Å². The van der Waals surface area contributed by atoms with Gasteiger partial charge < -0.3 is 5.11 Å². The van der Waals surface area contributed by atoms with Gasteiger partial charge in [0.25, 0.3) is 0 Å². The number of phenols is 1. The quantitative estimate of drug-likeness (QED) is 0.717. The van der Waals surface area contributed by atoms with Crippen molar-refractivity contribution in [3.05, 3.63) is 29.3 Å². The molecule has 1 unspecified atom stereocenters. The van der Waals surface area contributed by atoms with E-state index in [-0.39, 0.29) is 0 Å². The third-order valence-electron chi connectivity index (χ3n) is 2.86. The van der Waals surface area contributed by atoms with Gasteiger partial charge in [0.05, 0.1) is 6.54 Å². The first-order valence-corrected chi connectivity index (χ1v) is 5.26. The number of nitrogens with one attached hydrogen (secondary N) is 1. The SMILES string of the molecule is CC#CCNC1CCc2c(O)cccc21. The van der Waals surface area contributed by atoms with Crippen LogP contribution in [0.3, 0.4) is 0 Å². The predicted octanol–water partition coefficient (Wildman–Crippen LogP) is 1.99. The van der Waals surface area contributed by atoms with Gasteiger partial charge >= 0.3 is 0 Å². The largest absolute Gasteiger partial charge is 0.508 e. The van der Waals surface area contributed by atoms with E-state index in [1.54, 1.807) is 6.07 Å². The zero-order chi connectivity index (χ0) is 10.7. The molecule has 1 aromatic rings. The van der Waals surface area contributed by atoms with Crippen LogP contribution in [0.15, 0.2) is 18.2 Å². The van der Waals surface area contributed by atoms with Crippen molar-refractivity contribution in [1.82, 2.24) is 5.32 Å². The molecule has 2 nitrogen and oxygen atoms in total. The molecule has 1 aliphatic carbocycles. The van der Waals surface area contributed by atoms with Gasteiger partial charge in [-0.25, -0.2) is 0 Å². The molecule has 0 saturated carbocycles. The normalized spacial score (nSPS) is 18.1. The first-order chi connectivity index (χ1) is 7.33. The molecule has 15 heavy (non-hydrogen) atoms. The number of rotatable bonds is 2. The fraction of sp³-hybridized carbons (Fsp3) is 0.385. The van der Waals surface area contributed by atoms with Gasteiger partial charge in [-0.05, 0) is 37.0 Å². The summed E-state index contributed by atoms with van der Waals surface area (Å²) in [5, 5.41) is 13.0. The molecule has 2 N–H and O–H groups in total. The first-order valence-electron chi connectivity index (χ1n) is 5.26. The minimum atomic E-state index is 0.355. The second-order valence-corrected chi connectivity index (χ2v) is 3.74. The number of phenolic OH excluding ortho intramolecular Hbond substituents is 1. The molecule has 0 saturated heterocycles. The summed E-state index contributed by atoms with van der Waals surface area (Å²) >= 11 is 0. The van der Waals surface area contributed by atoms with Crippen molar-refractivity contribution in [2.45, 2.75) is 25.8 Å². The molecule has 0 bridgehead atoms. The molecule has 0 amide bonds. The Morgan fingerprint density at radius 1 is 1.53 bits per heavy atom. The fourth-order valence-electron chi connectivity index (χ4n) is 2.11. The van der Waals surface area contributed by atoms with Crippen LogP contribution in [0.4, 0.5) is 0 Å². The van der Waals surface area contributed by atoms with E-state index in [0.29, 0.717) is 11.8 Å². The summed E-state index contributed by atoms with van der Waals surface area (Å²) in [5.74, 6) is 6.29. The molecular formula is C13H15NO. The van der Waals surface area contributed by atoms with E-state index in [0.717, 1.165) is 24.9 Å². The minimum Gasteiger partial charge on any atom is -0.508 e. The highest BCUT2D eigenvalue weighted by Gasteiger charge is 2.23. The number of aromatic hydroxyl groups is 1. The van der Waals surface area contributed by atoms with Crippen molar-refractivity contribution in [2.24, 2.45) is 0 Å². The van der Waals surface area contributed by atoms with Gasteiger partial charge in [-0.1, -0.05) is 18.1 Å². The molecule has 1 aliphatic rings. The van der Waals surface area contributed by atoms with Gasteiger partial charge in [0, 0.05) is 6.04 Å². The molecular weight excluding hydrogens is 186 g/mol. The Kier molecular flexibility index (Phi) is 2.94. The fourth-order valence-corrected chi connectivity index (χ4v) is 2.11. The highest BCUT2D eigenvalue weighted by molar-refractivity contribution is 5.44. The standard InChI is InChI=1S/C13H15NO/c1-2-3-9-14-12-8-7-11-10(12)5-4-6-13(11)15/h4-6,12,14-15H,7-9H2,1H3. The second kappa shape index (κ2) is 4.37. The average molecular weight is 201 g/mol. The number of benzene rings is 1. The van der Waals surface area contributed by atoms with Crippen molar-refractivity contribution >= 4 is 0 Å². The van der Waals surface area contributed by atoms with E-state index >= 15 is 0 Å². The van der Waals surface area contributed by atoms with E-state index < -0.39 is 0 Å². The highest BCUT2D eigenvalue weighted by Crippen LogP contribution is 2.35. The van der Waals surface area contributed by atoms with Crippen LogP contribution < -0.4 is 5.32 Å². The molecule has 0 aromatic heterocycles. The highest BCUT2D eigenvalue weighted by atomic mass is 16.3. The van der Waals surface area contributed by atoms with Crippen molar-refractivity contribution in [2.75, 3.05) is 6.54 Å². The van der Waals surface area contributed by atoms with Crippen molar-refractivity contribution in [1.29, 1.82) is 0 Å². The zero-order valence-corrected chi connectivity index (χ0v) is 8.88. The molecule has 0 heterocycles. The maximum Gasteiger partial charge on any atom is 0.119 e. The van der Waals surface area contributed by atoms with E-state index in [9.17, 15) is 5.11 Å². The van der Waals surface area contributed by atoms with E-state index in [1.165, 1.54) is 5.56 Å². The summed E-state index contributed by atoms with van der Waals surface area (Å²) in [6, 6.07) is 6.10. The lowest BCUT2D eigenvalue weighted by Gasteiger charge is -2.11. The van der Waals surface area contributed by atoms with Crippen molar-refractivity contribution < 1.29 is 5.11 Å². The Morgan fingerprint density at radius 2 is 2.40 bits per heavy atom. The monoisotopic (exact) mass is 201 g/mol. The summed E-state index contributed by atoms with van der Waals surface area (Å²) in [6.45, 7) is 2.56. The lowest BCUT2D eigenvalue weighted by molar-refractivity contribution is 0.469. The zero-order valence-electron chi connectivity index (χ0n) is 8.88. The van der Waals surface area contributed by atoms with Crippen LogP contribution >= 0.6 is 0 Å². The van der Waals surface area contributed by atoms with Gasteiger partial charge in [0.15, 0.2) is 0 Å². The number of hydrogen-bond donors (Lipinski definition) is 2. The molecule has 78 valence electrons. The van der Waals surface area contributed by atoms with Crippen LogP contribution in [0, 0.1) is 11.8 Å². The Morgan fingerprint density at radius 3 is 3.20 bits per heavy atom. The maximum atomic E-state index is 9.66. The smallest absolute Gasteiger partial charge is 0.119 e. The van der Waals surface area contributed by atoms with Gasteiger partial charge in [-0.2, -0.15) is 0 Å². The van der Waals surface area contributed by atoms with Crippen LogP contribution in [0.1, 0.15) is 30.5 Å². The van der Waals surface area contributed by atoms with Crippen LogP contribution in [0.25, 0.3) is 0 Å². The molecule has 1 atom stereocenters. The Balaban J connectivity index is 2.13. The molecule has 0 fully saturated rings. The average Bonchev–Trinajstić information content (AvgIpc) is 2.64. The molecule has 0 spiro atoms. The van der Waals surface area contributed by atoms with Crippen LogP contribution in [0.5, 0.6) is 5.75 Å². The summed E-state index contributed by atoms with van der Waals surface area (Å²) in [6.07, 6.45) is 2.01. The minimum absolute atomic E-state index is 0.355. The lowest BCUT2D eigenvalue weighted by Crippen LogP contribution is -2.19. The van der Waals surface area contributed by atoms with Gasteiger partial charge in [0.1, 0.15) is 5.75 Å². The summed E-state index contributed by atoms with van der Waals surface area (Å²) in [4.78, 5) is 0. The van der Waals surface area contributed by atoms with Crippen LogP contribution in [-0.4, -0.2) is 11.7 Å². The second-order valence-electron chi connectivity index (χ2n) is 3.74. The lowest BCUT2D eigenvalue weighted by atomic mass is 10.1. The van der Waals surface area contributed by atoms with Gasteiger partial charge in [-0.3, -0.25) is 5.32 Å². The third-order valence-corrected chi connectivity index (χ3v) is 2.86. The van der Waals surface area contributed by atoms with Crippen molar-refractivity contribution in [3.63, 3.8) is 0 Å². The summed E-state index contributed by atoms with van der Waals surface area (Å²) < 4.78 is 0. The first kappa shape index (κ1) is 10.1. The Hall–Kier alpha value is -1.46. The van der Waals surface area contributed by atoms with Crippen LogP contribution in [0.2, 0.25) is 0 Å². The molecule has 0 aliphatic heterocycles. The van der Waals surface area contributed by atoms with E-state index in [1.807, 2.05) is 13.0 Å². The van der Waals surface area contributed by atoms with Gasteiger partial charge in [-0.15, -0.1) is 5.92 Å². The van der Waals surface area contributed by atoms with E-state index in [2.05, 4.69) is 23.2 Å².